The molecule has 0 saturated heterocycles. The van der Waals surface area contributed by atoms with E-state index in [0.717, 1.165) is 0 Å². The molecule has 1 N–H and O–H groups in total. The largest absolute Gasteiger partial charge is 0.480 e. The van der Waals surface area contributed by atoms with Crippen molar-refractivity contribution in [2.45, 2.75) is 44.9 Å². The number of carboxylic acid groups (broad SMARTS) is 1. The summed E-state index contributed by atoms with van der Waals surface area (Å²) in [6.07, 6.45) is 4.94. The number of carbonyl (C=O) groups excluding carboxylic acids is 2. The average Bonchev–Trinajstić information content (AvgIpc) is 3.62. The van der Waals surface area contributed by atoms with E-state index in [2.05, 4.69) is 20.2 Å². The van der Waals surface area contributed by atoms with Crippen LogP contribution in [-0.4, -0.2) is 74.8 Å². The SMILES string of the molecule is CC(c1ccc(-n2cncn2)cn1)N1C[C@@H](C(=O)O)n2nc3c(c2C1=O)CN(C(=O)c1ccc(Cl)c(Cl)c1)[C@H](C)C3. The molecule has 0 fully saturated rings. The van der Waals surface area contributed by atoms with Crippen LogP contribution < -0.4 is 0 Å². The second kappa shape index (κ2) is 10.3. The van der Waals surface area contributed by atoms with E-state index in [1.807, 2.05) is 6.92 Å². The standard InChI is InChI=1S/C27H24Cl2N8O4/c1-14-7-22-18(10-34(14)25(38)16-3-5-19(28)20(29)8-16)24-26(39)35(11-23(27(40)41)37(24)33-22)15(2)21-6-4-17(9-31-21)36-13-30-12-32-36/h3-6,8-9,12-15,23H,7,10-11H2,1-2H3,(H,40,41)/t14-,15?,23+/m1/s1. The maximum Gasteiger partial charge on any atom is 0.330 e. The van der Waals surface area contributed by atoms with Gasteiger partial charge >= 0.3 is 5.97 Å². The lowest BCUT2D eigenvalue weighted by Crippen LogP contribution is -2.48. The van der Waals surface area contributed by atoms with E-state index < -0.39 is 18.1 Å². The van der Waals surface area contributed by atoms with Crippen molar-refractivity contribution in [1.29, 1.82) is 0 Å². The fraction of sp³-hybridized carbons (Fsp3) is 0.296. The van der Waals surface area contributed by atoms with Crippen LogP contribution in [0.1, 0.15) is 63.7 Å². The Labute approximate surface area is 244 Å². The molecule has 5 heterocycles. The van der Waals surface area contributed by atoms with Crippen molar-refractivity contribution in [3.63, 3.8) is 0 Å². The van der Waals surface area contributed by atoms with Crippen LogP contribution in [0.25, 0.3) is 5.69 Å². The molecule has 1 unspecified atom stereocenters. The number of fused-ring (bicyclic) bond motifs is 3. The van der Waals surface area contributed by atoms with E-state index in [4.69, 9.17) is 23.2 Å². The lowest BCUT2D eigenvalue weighted by atomic mass is 9.96. The predicted octanol–water partition coefficient (Wildman–Crippen LogP) is 3.60. The van der Waals surface area contributed by atoms with Crippen LogP contribution in [-0.2, 0) is 17.8 Å². The lowest BCUT2D eigenvalue weighted by molar-refractivity contribution is -0.142. The van der Waals surface area contributed by atoms with Crippen LogP contribution in [0.5, 0.6) is 0 Å². The zero-order chi connectivity index (χ0) is 29.0. The van der Waals surface area contributed by atoms with E-state index >= 15 is 0 Å². The number of carboxylic acids is 1. The molecular weight excluding hydrogens is 571 g/mol. The zero-order valence-corrected chi connectivity index (χ0v) is 23.5. The van der Waals surface area contributed by atoms with Crippen LogP contribution in [0.3, 0.4) is 0 Å². The molecule has 2 amide bonds. The molecule has 0 saturated carbocycles. The van der Waals surface area contributed by atoms with Crippen LogP contribution in [0.2, 0.25) is 10.0 Å². The van der Waals surface area contributed by atoms with Crippen molar-refractivity contribution in [2.75, 3.05) is 6.54 Å². The van der Waals surface area contributed by atoms with Crippen molar-refractivity contribution < 1.29 is 19.5 Å². The van der Waals surface area contributed by atoms with Gasteiger partial charge in [0.05, 0.1) is 52.4 Å². The third-order valence-electron chi connectivity index (χ3n) is 7.63. The van der Waals surface area contributed by atoms with Crippen LogP contribution in [0.4, 0.5) is 0 Å². The van der Waals surface area contributed by atoms with Crippen LogP contribution >= 0.6 is 23.2 Å². The molecule has 14 heteroatoms. The number of aliphatic carboxylic acids is 1. The van der Waals surface area contributed by atoms with Gasteiger partial charge in [-0.25, -0.2) is 19.1 Å². The second-order valence-electron chi connectivity index (χ2n) is 10.1. The zero-order valence-electron chi connectivity index (χ0n) is 22.0. The number of amides is 2. The minimum absolute atomic E-state index is 0.0864. The fourth-order valence-corrected chi connectivity index (χ4v) is 5.66. The first kappa shape index (κ1) is 26.9. The van der Waals surface area contributed by atoms with E-state index in [-0.39, 0.29) is 41.7 Å². The maximum atomic E-state index is 14.0. The minimum atomic E-state index is -1.11. The summed E-state index contributed by atoms with van der Waals surface area (Å²) in [6.45, 7) is 3.69. The maximum absolute atomic E-state index is 14.0. The van der Waals surface area contributed by atoms with Crippen molar-refractivity contribution >= 4 is 41.0 Å². The van der Waals surface area contributed by atoms with Gasteiger partial charge in [0.15, 0.2) is 6.04 Å². The number of aromatic nitrogens is 6. The quantitative estimate of drug-likeness (QED) is 0.369. The third-order valence-corrected chi connectivity index (χ3v) is 8.37. The number of nitrogens with zero attached hydrogens (tertiary/aromatic N) is 8. The molecule has 6 rings (SSSR count). The highest BCUT2D eigenvalue weighted by Gasteiger charge is 2.44. The van der Waals surface area contributed by atoms with Gasteiger partial charge in [-0.3, -0.25) is 14.6 Å². The van der Waals surface area contributed by atoms with E-state index in [0.29, 0.717) is 39.6 Å². The topological polar surface area (TPSA) is 139 Å². The fourth-order valence-electron chi connectivity index (χ4n) is 5.36. The summed E-state index contributed by atoms with van der Waals surface area (Å²) in [7, 11) is 0. The molecule has 3 aromatic heterocycles. The Balaban J connectivity index is 1.33. The monoisotopic (exact) mass is 594 g/mol. The number of hydrogen-bond acceptors (Lipinski definition) is 7. The molecule has 210 valence electrons. The molecule has 41 heavy (non-hydrogen) atoms. The first-order chi connectivity index (χ1) is 19.6. The van der Waals surface area contributed by atoms with Crippen LogP contribution in [0, 0.1) is 0 Å². The molecule has 0 aliphatic carbocycles. The summed E-state index contributed by atoms with van der Waals surface area (Å²) in [5, 5.41) is 19.4. The number of benzene rings is 1. The molecule has 0 radical (unpaired) electrons. The first-order valence-electron chi connectivity index (χ1n) is 12.8. The molecule has 0 bridgehead atoms. The van der Waals surface area contributed by atoms with Gasteiger partial charge in [-0.05, 0) is 44.2 Å². The first-order valence-corrected chi connectivity index (χ1v) is 13.6. The van der Waals surface area contributed by atoms with Crippen molar-refractivity contribution in [3.8, 4) is 5.69 Å². The summed E-state index contributed by atoms with van der Waals surface area (Å²) >= 11 is 12.2. The number of halogens is 2. The molecule has 1 aromatic carbocycles. The number of carbonyl (C=O) groups is 3. The third kappa shape index (κ3) is 4.62. The van der Waals surface area contributed by atoms with Gasteiger partial charge in [0.25, 0.3) is 11.8 Å². The molecule has 0 spiro atoms. The average molecular weight is 595 g/mol. The summed E-state index contributed by atoms with van der Waals surface area (Å²) in [4.78, 5) is 51.4. The van der Waals surface area contributed by atoms with Gasteiger partial charge in [-0.15, -0.1) is 0 Å². The van der Waals surface area contributed by atoms with Gasteiger partial charge in [-0.1, -0.05) is 23.2 Å². The highest BCUT2D eigenvalue weighted by atomic mass is 35.5. The Morgan fingerprint density at radius 3 is 2.61 bits per heavy atom. The van der Waals surface area contributed by atoms with Gasteiger partial charge in [0, 0.05) is 23.6 Å². The molecular formula is C27H24Cl2N8O4. The molecule has 2 aliphatic heterocycles. The van der Waals surface area contributed by atoms with Crippen molar-refractivity contribution in [2.24, 2.45) is 0 Å². The Morgan fingerprint density at radius 2 is 1.95 bits per heavy atom. The van der Waals surface area contributed by atoms with E-state index in [1.54, 1.807) is 53.3 Å². The summed E-state index contributed by atoms with van der Waals surface area (Å²) in [5.41, 5.74) is 2.96. The van der Waals surface area contributed by atoms with Gasteiger partial charge in [0.1, 0.15) is 18.3 Å². The number of rotatable bonds is 5. The highest BCUT2D eigenvalue weighted by molar-refractivity contribution is 6.42. The summed E-state index contributed by atoms with van der Waals surface area (Å²) < 4.78 is 2.87. The Bertz CT molecular complexity index is 1670. The summed E-state index contributed by atoms with van der Waals surface area (Å²) in [6, 6.07) is 6.36. The molecule has 4 aromatic rings. The van der Waals surface area contributed by atoms with Crippen LogP contribution in [0.15, 0.2) is 49.2 Å². The smallest absolute Gasteiger partial charge is 0.330 e. The minimum Gasteiger partial charge on any atom is -0.480 e. The molecule has 12 nitrogen and oxygen atoms in total. The van der Waals surface area contributed by atoms with E-state index in [1.165, 1.54) is 22.0 Å². The Hall–Kier alpha value is -4.29. The van der Waals surface area contributed by atoms with Gasteiger partial charge in [0.2, 0.25) is 0 Å². The molecule has 2 aliphatic rings. The number of pyridine rings is 1. The van der Waals surface area contributed by atoms with Gasteiger partial charge < -0.3 is 14.9 Å². The van der Waals surface area contributed by atoms with Gasteiger partial charge in [-0.2, -0.15) is 10.2 Å². The van der Waals surface area contributed by atoms with E-state index in [9.17, 15) is 19.5 Å². The van der Waals surface area contributed by atoms with Crippen molar-refractivity contribution in [1.82, 2.24) is 39.3 Å². The Kier molecular flexibility index (Phi) is 6.74. The van der Waals surface area contributed by atoms with Crippen molar-refractivity contribution in [3.05, 3.63) is 87.4 Å². The molecule has 3 atom stereocenters. The predicted molar refractivity (Wildman–Crippen MR) is 147 cm³/mol. The Morgan fingerprint density at radius 1 is 1.15 bits per heavy atom. The highest BCUT2D eigenvalue weighted by Crippen LogP contribution is 2.35. The normalized spacial score (nSPS) is 19.1. The second-order valence-corrected chi connectivity index (χ2v) is 10.9. The number of hydrogen-bond donors (Lipinski definition) is 1. The lowest BCUT2D eigenvalue weighted by Gasteiger charge is -2.37. The summed E-state index contributed by atoms with van der Waals surface area (Å²) in [5.74, 6) is -1.76.